The molecule has 1 fully saturated rings. The summed E-state index contributed by atoms with van der Waals surface area (Å²) >= 11 is 5.93. The zero-order valence-corrected chi connectivity index (χ0v) is 20.5. The lowest BCUT2D eigenvalue weighted by Crippen LogP contribution is -2.35. The number of aryl methyl sites for hydroxylation is 1. The van der Waals surface area contributed by atoms with Crippen molar-refractivity contribution in [2.45, 2.75) is 26.4 Å². The van der Waals surface area contributed by atoms with Gasteiger partial charge in [-0.15, -0.1) is 0 Å². The number of benzene rings is 2. The third-order valence-corrected chi connectivity index (χ3v) is 6.73. The van der Waals surface area contributed by atoms with E-state index in [1.54, 1.807) is 38.4 Å². The number of nitrogens with zero attached hydrogens (tertiary/aromatic N) is 5. The molecule has 1 N–H and O–H groups in total. The minimum Gasteiger partial charge on any atom is -0.354 e. The number of halogens is 1. The Kier molecular flexibility index (Phi) is 6.56. The molecule has 1 unspecified atom stereocenters. The first kappa shape index (κ1) is 23.7. The van der Waals surface area contributed by atoms with E-state index in [0.717, 1.165) is 16.8 Å². The number of aromatic nitrogens is 4. The molecule has 3 heterocycles. The van der Waals surface area contributed by atoms with Crippen molar-refractivity contribution < 1.29 is 9.59 Å². The molecule has 2 aromatic heterocycles. The van der Waals surface area contributed by atoms with Gasteiger partial charge in [-0.05, 0) is 42.3 Å². The standard InChI is InChI=1S/C26H25ClN6O3/c1-17-4-2-3-5-18(17)14-31-16-29-24-22(26(31)36)13-30-33(24)11-10-28-25(35)19-12-23(34)32(15-19)21-8-6-20(27)7-9-21/h2-9,13,16,19H,10-12,14-15H2,1H3,(H,28,35). The van der Waals surface area contributed by atoms with E-state index in [-0.39, 0.29) is 23.8 Å². The molecule has 0 spiro atoms. The summed E-state index contributed by atoms with van der Waals surface area (Å²) in [5.74, 6) is -0.721. The highest BCUT2D eigenvalue weighted by atomic mass is 35.5. The van der Waals surface area contributed by atoms with Crippen LogP contribution in [0.2, 0.25) is 5.02 Å². The smallest absolute Gasteiger partial charge is 0.264 e. The van der Waals surface area contributed by atoms with Gasteiger partial charge in [-0.1, -0.05) is 35.9 Å². The van der Waals surface area contributed by atoms with Crippen molar-refractivity contribution in [3.63, 3.8) is 0 Å². The van der Waals surface area contributed by atoms with Crippen LogP contribution in [0, 0.1) is 12.8 Å². The van der Waals surface area contributed by atoms with E-state index >= 15 is 0 Å². The molecule has 4 aromatic rings. The third-order valence-electron chi connectivity index (χ3n) is 6.48. The maximum Gasteiger partial charge on any atom is 0.264 e. The topological polar surface area (TPSA) is 102 Å². The number of anilines is 1. The summed E-state index contributed by atoms with van der Waals surface area (Å²) in [5, 5.41) is 8.20. The molecule has 0 bridgehead atoms. The monoisotopic (exact) mass is 504 g/mol. The Balaban J connectivity index is 1.20. The Morgan fingerprint density at radius 1 is 1.14 bits per heavy atom. The number of amides is 2. The molecule has 5 rings (SSSR count). The van der Waals surface area contributed by atoms with Gasteiger partial charge in [-0.25, -0.2) is 9.67 Å². The normalized spacial score (nSPS) is 15.6. The van der Waals surface area contributed by atoms with Crippen molar-refractivity contribution in [1.82, 2.24) is 24.6 Å². The van der Waals surface area contributed by atoms with Gasteiger partial charge in [0.1, 0.15) is 11.7 Å². The van der Waals surface area contributed by atoms with Gasteiger partial charge in [-0.2, -0.15) is 5.10 Å². The molecule has 2 amide bonds. The summed E-state index contributed by atoms with van der Waals surface area (Å²) in [6.45, 7) is 3.41. The molecule has 1 saturated heterocycles. The first-order valence-corrected chi connectivity index (χ1v) is 12.1. The largest absolute Gasteiger partial charge is 0.354 e. The van der Waals surface area contributed by atoms with Gasteiger partial charge in [0.05, 0.1) is 25.2 Å². The quantitative estimate of drug-likeness (QED) is 0.417. The fourth-order valence-corrected chi connectivity index (χ4v) is 4.55. The molecule has 10 heteroatoms. The van der Waals surface area contributed by atoms with Crippen LogP contribution in [0.15, 0.2) is 65.8 Å². The second-order valence-electron chi connectivity index (χ2n) is 8.88. The Bertz CT molecular complexity index is 1490. The van der Waals surface area contributed by atoms with Crippen molar-refractivity contribution >= 4 is 40.1 Å². The Hall–Kier alpha value is -3.98. The maximum atomic E-state index is 13.0. The number of carbonyl (C=O) groups excluding carboxylic acids is 2. The van der Waals surface area contributed by atoms with Gasteiger partial charge in [-0.3, -0.25) is 19.0 Å². The molecule has 0 aliphatic carbocycles. The van der Waals surface area contributed by atoms with Crippen molar-refractivity contribution in [1.29, 1.82) is 0 Å². The van der Waals surface area contributed by atoms with Crippen LogP contribution in [0.4, 0.5) is 5.69 Å². The van der Waals surface area contributed by atoms with Crippen LogP contribution in [0.1, 0.15) is 17.5 Å². The highest BCUT2D eigenvalue weighted by Gasteiger charge is 2.35. The van der Waals surface area contributed by atoms with Crippen molar-refractivity contribution in [2.75, 3.05) is 18.0 Å². The number of hydrogen-bond acceptors (Lipinski definition) is 5. The fourth-order valence-electron chi connectivity index (χ4n) is 4.43. The molecule has 2 aromatic carbocycles. The van der Waals surface area contributed by atoms with E-state index in [4.69, 9.17) is 11.6 Å². The lowest BCUT2D eigenvalue weighted by molar-refractivity contribution is -0.126. The highest BCUT2D eigenvalue weighted by Crippen LogP contribution is 2.26. The lowest BCUT2D eigenvalue weighted by atomic mass is 10.1. The number of fused-ring (bicyclic) bond motifs is 1. The lowest BCUT2D eigenvalue weighted by Gasteiger charge is -2.16. The third kappa shape index (κ3) is 4.74. The van der Waals surface area contributed by atoms with Crippen LogP contribution in [-0.4, -0.2) is 44.2 Å². The van der Waals surface area contributed by atoms with Gasteiger partial charge in [0.2, 0.25) is 11.8 Å². The van der Waals surface area contributed by atoms with Crippen molar-refractivity contribution in [3.8, 4) is 0 Å². The number of nitrogens with one attached hydrogen (secondary N) is 1. The van der Waals surface area contributed by atoms with E-state index in [9.17, 15) is 14.4 Å². The Morgan fingerprint density at radius 2 is 1.92 bits per heavy atom. The maximum absolute atomic E-state index is 13.0. The predicted octanol–water partition coefficient (Wildman–Crippen LogP) is 2.77. The minimum atomic E-state index is -0.436. The highest BCUT2D eigenvalue weighted by molar-refractivity contribution is 6.30. The molecule has 1 atom stereocenters. The minimum absolute atomic E-state index is 0.0956. The predicted molar refractivity (Wildman–Crippen MR) is 137 cm³/mol. The second kappa shape index (κ2) is 9.94. The van der Waals surface area contributed by atoms with Crippen LogP contribution >= 0.6 is 11.6 Å². The zero-order chi connectivity index (χ0) is 25.2. The number of hydrogen-bond donors (Lipinski definition) is 1. The average molecular weight is 505 g/mol. The molecule has 0 radical (unpaired) electrons. The zero-order valence-electron chi connectivity index (χ0n) is 19.7. The van der Waals surface area contributed by atoms with E-state index < -0.39 is 5.92 Å². The van der Waals surface area contributed by atoms with Crippen LogP contribution in [0.3, 0.4) is 0 Å². The Morgan fingerprint density at radius 3 is 2.69 bits per heavy atom. The van der Waals surface area contributed by atoms with Crippen LogP contribution in [0.5, 0.6) is 0 Å². The fraction of sp³-hybridized carbons (Fsp3) is 0.269. The summed E-state index contributed by atoms with van der Waals surface area (Å²) in [4.78, 5) is 44.2. The second-order valence-corrected chi connectivity index (χ2v) is 9.32. The molecule has 0 saturated carbocycles. The van der Waals surface area contributed by atoms with Gasteiger partial charge >= 0.3 is 0 Å². The van der Waals surface area contributed by atoms with Crippen molar-refractivity contribution in [3.05, 3.63) is 87.6 Å². The van der Waals surface area contributed by atoms with E-state index in [2.05, 4.69) is 15.4 Å². The molecule has 36 heavy (non-hydrogen) atoms. The number of carbonyl (C=O) groups is 2. The summed E-state index contributed by atoms with van der Waals surface area (Å²) in [5.41, 5.74) is 3.19. The molecule has 184 valence electrons. The molecular weight excluding hydrogens is 480 g/mol. The summed E-state index contributed by atoms with van der Waals surface area (Å²) in [7, 11) is 0. The van der Waals surface area contributed by atoms with Crippen molar-refractivity contribution in [2.24, 2.45) is 5.92 Å². The average Bonchev–Trinajstić information content (AvgIpc) is 3.47. The molecule has 9 nitrogen and oxygen atoms in total. The molecule has 1 aliphatic heterocycles. The first-order chi connectivity index (χ1) is 17.4. The van der Waals surface area contributed by atoms with Gasteiger partial charge in [0, 0.05) is 30.2 Å². The van der Waals surface area contributed by atoms with Crippen LogP contribution in [-0.2, 0) is 22.7 Å². The summed E-state index contributed by atoms with van der Waals surface area (Å²) in [6.07, 6.45) is 3.20. The molecule has 1 aliphatic rings. The van der Waals surface area contributed by atoms with Crippen LogP contribution < -0.4 is 15.8 Å². The summed E-state index contributed by atoms with van der Waals surface area (Å²) < 4.78 is 3.18. The SMILES string of the molecule is Cc1ccccc1Cn1cnc2c(cnn2CCNC(=O)C2CC(=O)N(c3ccc(Cl)cc3)C2)c1=O. The molecular formula is C26H25ClN6O3. The Labute approximate surface area is 212 Å². The summed E-state index contributed by atoms with van der Waals surface area (Å²) in [6, 6.07) is 14.9. The van der Waals surface area contributed by atoms with Gasteiger partial charge in [0.15, 0.2) is 5.65 Å². The number of rotatable bonds is 7. The first-order valence-electron chi connectivity index (χ1n) is 11.7. The van der Waals surface area contributed by atoms with E-state index in [1.165, 1.54) is 12.5 Å². The van der Waals surface area contributed by atoms with E-state index in [1.807, 2.05) is 31.2 Å². The van der Waals surface area contributed by atoms with Gasteiger partial charge < -0.3 is 10.2 Å². The van der Waals surface area contributed by atoms with Gasteiger partial charge in [0.25, 0.3) is 5.56 Å². The van der Waals surface area contributed by atoms with E-state index in [0.29, 0.717) is 42.2 Å². The van der Waals surface area contributed by atoms with Crippen LogP contribution in [0.25, 0.3) is 11.0 Å².